The molecule has 6 rings (SSSR count). The molecule has 14 atom stereocenters. The number of allylic oxidation sites excluding steroid dienone is 1. The SMILES string of the molecule is COC1=CC(C)OC(OC2CCC3(C)C(=CCC4C3CCC3(C)C4CCC3(O)C(C)OC3CC(O)C(O)C(C)O3)C2)C1=O. The standard InChI is InChI=1S/C34H52O9/c1-18-15-27(39-6)30(37)31(40-18)43-22-9-12-32(4)21(16-22)7-8-23-24(32)10-13-33(5)25(23)11-14-34(33,38)20(3)42-28-17-26(35)29(36)19(2)41-28/h7,15,18-20,22-26,28-29,31,35-36,38H,8-14,16-17H2,1-6H3. The maximum absolute atomic E-state index is 12.8. The summed E-state index contributed by atoms with van der Waals surface area (Å²) >= 11 is 0. The highest BCUT2D eigenvalue weighted by Crippen LogP contribution is 2.68. The lowest BCUT2D eigenvalue weighted by Gasteiger charge is -2.59. The van der Waals surface area contributed by atoms with Gasteiger partial charge in [0.05, 0.1) is 43.2 Å². The molecule has 2 heterocycles. The summed E-state index contributed by atoms with van der Waals surface area (Å²) in [5, 5.41) is 32.7. The summed E-state index contributed by atoms with van der Waals surface area (Å²) in [6, 6.07) is 0. The van der Waals surface area contributed by atoms with Gasteiger partial charge in [0.25, 0.3) is 5.78 Å². The van der Waals surface area contributed by atoms with E-state index < -0.39 is 42.6 Å². The van der Waals surface area contributed by atoms with E-state index in [1.807, 2.05) is 13.8 Å². The number of hydrogen-bond donors (Lipinski definition) is 3. The number of hydrogen-bond acceptors (Lipinski definition) is 9. The molecule has 9 heteroatoms. The lowest BCUT2D eigenvalue weighted by molar-refractivity contribution is -0.288. The Kier molecular flexibility index (Phi) is 8.45. The van der Waals surface area contributed by atoms with Gasteiger partial charge < -0.3 is 39.0 Å². The molecule has 4 aliphatic carbocycles. The maximum atomic E-state index is 12.8. The van der Waals surface area contributed by atoms with Crippen molar-refractivity contribution in [3.05, 3.63) is 23.5 Å². The second kappa shape index (κ2) is 11.5. The van der Waals surface area contributed by atoms with Crippen molar-refractivity contribution in [3.63, 3.8) is 0 Å². The summed E-state index contributed by atoms with van der Waals surface area (Å²) in [6.45, 7) is 10.3. The average molecular weight is 605 g/mol. The molecule has 0 aromatic rings. The monoisotopic (exact) mass is 604 g/mol. The second-order valence-corrected chi connectivity index (χ2v) is 14.8. The highest BCUT2D eigenvalue weighted by Gasteiger charge is 2.65. The van der Waals surface area contributed by atoms with Crippen molar-refractivity contribution in [1.29, 1.82) is 0 Å². The van der Waals surface area contributed by atoms with E-state index in [0.29, 0.717) is 29.9 Å². The Balaban J connectivity index is 1.14. The molecule has 0 radical (unpaired) electrons. The van der Waals surface area contributed by atoms with Gasteiger partial charge >= 0.3 is 0 Å². The molecule has 0 bridgehead atoms. The highest BCUT2D eigenvalue weighted by atomic mass is 16.7. The minimum Gasteiger partial charge on any atom is -0.493 e. The van der Waals surface area contributed by atoms with Crippen LogP contribution in [0.5, 0.6) is 0 Å². The number of ether oxygens (including phenoxy) is 5. The third-order valence-corrected chi connectivity index (χ3v) is 12.7. The first-order valence-electron chi connectivity index (χ1n) is 16.5. The molecule has 9 nitrogen and oxygen atoms in total. The largest absolute Gasteiger partial charge is 0.493 e. The van der Waals surface area contributed by atoms with Crippen LogP contribution in [-0.2, 0) is 28.5 Å². The van der Waals surface area contributed by atoms with Crippen LogP contribution in [0.25, 0.3) is 0 Å². The van der Waals surface area contributed by atoms with Gasteiger partial charge in [-0.25, -0.2) is 0 Å². The summed E-state index contributed by atoms with van der Waals surface area (Å²) in [4.78, 5) is 12.8. The maximum Gasteiger partial charge on any atom is 0.252 e. The van der Waals surface area contributed by atoms with E-state index in [9.17, 15) is 20.1 Å². The first-order chi connectivity index (χ1) is 20.3. The zero-order valence-corrected chi connectivity index (χ0v) is 26.7. The molecule has 242 valence electrons. The highest BCUT2D eigenvalue weighted by molar-refractivity contribution is 5.96. The molecule has 0 aromatic carbocycles. The molecule has 6 aliphatic rings. The molecule has 4 fully saturated rings. The molecule has 0 aromatic heterocycles. The van der Waals surface area contributed by atoms with Gasteiger partial charge in [0, 0.05) is 11.8 Å². The molecule has 43 heavy (non-hydrogen) atoms. The van der Waals surface area contributed by atoms with Crippen LogP contribution in [0, 0.1) is 28.6 Å². The first kappa shape index (κ1) is 31.6. The van der Waals surface area contributed by atoms with Crippen LogP contribution >= 0.6 is 0 Å². The molecule has 2 aliphatic heterocycles. The average Bonchev–Trinajstić information content (AvgIpc) is 3.25. The summed E-state index contributed by atoms with van der Waals surface area (Å²) < 4.78 is 29.5. The lowest BCUT2D eigenvalue weighted by Crippen LogP contribution is -2.59. The van der Waals surface area contributed by atoms with Crippen molar-refractivity contribution >= 4 is 5.78 Å². The van der Waals surface area contributed by atoms with E-state index in [0.717, 1.165) is 44.9 Å². The molecular weight excluding hydrogens is 552 g/mol. The van der Waals surface area contributed by atoms with E-state index in [1.165, 1.54) is 12.7 Å². The molecule has 0 spiro atoms. The van der Waals surface area contributed by atoms with Crippen molar-refractivity contribution in [3.8, 4) is 0 Å². The van der Waals surface area contributed by atoms with Crippen LogP contribution in [0.2, 0.25) is 0 Å². The Labute approximate surface area is 255 Å². The van der Waals surface area contributed by atoms with E-state index in [-0.39, 0.29) is 35.2 Å². The topological polar surface area (TPSA) is 124 Å². The first-order valence-corrected chi connectivity index (χ1v) is 16.5. The van der Waals surface area contributed by atoms with Crippen LogP contribution in [0.15, 0.2) is 23.5 Å². The number of aliphatic hydroxyl groups excluding tert-OH is 2. The fourth-order valence-corrected chi connectivity index (χ4v) is 10.1. The van der Waals surface area contributed by atoms with Crippen LogP contribution < -0.4 is 0 Å². The number of carbonyl (C=O) groups excluding carboxylic acids is 1. The number of methoxy groups -OCH3 is 1. The Morgan fingerprint density at radius 3 is 2.51 bits per heavy atom. The second-order valence-electron chi connectivity index (χ2n) is 14.8. The van der Waals surface area contributed by atoms with Crippen molar-refractivity contribution < 1.29 is 43.8 Å². The predicted octanol–water partition coefficient (Wildman–Crippen LogP) is 4.17. The Hall–Kier alpha value is -1.33. The van der Waals surface area contributed by atoms with Crippen molar-refractivity contribution in [2.45, 2.75) is 147 Å². The van der Waals surface area contributed by atoms with Gasteiger partial charge in [-0.05, 0) is 101 Å². The summed E-state index contributed by atoms with van der Waals surface area (Å²) in [5.41, 5.74) is 0.252. The van der Waals surface area contributed by atoms with E-state index >= 15 is 0 Å². The number of carbonyl (C=O) groups is 1. The van der Waals surface area contributed by atoms with Gasteiger partial charge in [0.2, 0.25) is 6.29 Å². The summed E-state index contributed by atoms with van der Waals surface area (Å²) in [5.74, 6) is 1.48. The number of ketones is 1. The Bertz CT molecular complexity index is 1120. The number of aliphatic hydroxyl groups is 3. The molecular formula is C34H52O9. The van der Waals surface area contributed by atoms with Gasteiger partial charge in [-0.1, -0.05) is 25.5 Å². The fraction of sp³-hybridized carbons (Fsp3) is 0.853. The van der Waals surface area contributed by atoms with E-state index in [4.69, 9.17) is 23.7 Å². The van der Waals surface area contributed by atoms with E-state index in [1.54, 1.807) is 13.0 Å². The lowest BCUT2D eigenvalue weighted by atomic mass is 9.46. The molecule has 1 saturated heterocycles. The third kappa shape index (κ3) is 5.15. The number of fused-ring (bicyclic) bond motifs is 5. The summed E-state index contributed by atoms with van der Waals surface area (Å²) in [6.07, 6.45) is 6.94. The van der Waals surface area contributed by atoms with Crippen molar-refractivity contribution in [2.75, 3.05) is 7.11 Å². The summed E-state index contributed by atoms with van der Waals surface area (Å²) in [7, 11) is 1.51. The van der Waals surface area contributed by atoms with Crippen LogP contribution in [0.4, 0.5) is 0 Å². The Morgan fingerprint density at radius 1 is 1.05 bits per heavy atom. The minimum absolute atomic E-state index is 0.0685. The van der Waals surface area contributed by atoms with E-state index in [2.05, 4.69) is 19.9 Å². The normalized spacial score (nSPS) is 50.6. The van der Waals surface area contributed by atoms with Gasteiger partial charge in [0.1, 0.15) is 6.10 Å². The molecule has 0 amide bonds. The van der Waals surface area contributed by atoms with Crippen LogP contribution in [0.3, 0.4) is 0 Å². The molecule has 3 N–H and O–H groups in total. The third-order valence-electron chi connectivity index (χ3n) is 12.7. The predicted molar refractivity (Wildman–Crippen MR) is 157 cm³/mol. The van der Waals surface area contributed by atoms with Gasteiger partial charge in [-0.3, -0.25) is 4.79 Å². The van der Waals surface area contributed by atoms with Crippen LogP contribution in [-0.4, -0.2) is 83.0 Å². The molecule has 3 saturated carbocycles. The number of Topliss-reactive ketones (excluding diaryl/α,β-unsaturated/α-hetero) is 1. The zero-order chi connectivity index (χ0) is 30.9. The smallest absolute Gasteiger partial charge is 0.252 e. The number of rotatable bonds is 6. The van der Waals surface area contributed by atoms with Crippen molar-refractivity contribution in [1.82, 2.24) is 0 Å². The van der Waals surface area contributed by atoms with Crippen LogP contribution in [0.1, 0.15) is 92.4 Å². The Morgan fingerprint density at radius 2 is 1.79 bits per heavy atom. The van der Waals surface area contributed by atoms with Gasteiger partial charge in [-0.2, -0.15) is 0 Å². The van der Waals surface area contributed by atoms with Crippen molar-refractivity contribution in [2.24, 2.45) is 28.6 Å². The quantitative estimate of drug-likeness (QED) is 0.383. The zero-order valence-electron chi connectivity index (χ0n) is 26.7. The van der Waals surface area contributed by atoms with Gasteiger partial charge in [-0.15, -0.1) is 0 Å². The van der Waals surface area contributed by atoms with Gasteiger partial charge in [0.15, 0.2) is 12.0 Å². The fourth-order valence-electron chi connectivity index (χ4n) is 10.1. The molecule has 14 unspecified atom stereocenters. The minimum atomic E-state index is -0.994.